The van der Waals surface area contributed by atoms with Gasteiger partial charge in [0.05, 0.1) is 0 Å². The molecule has 0 aliphatic rings. The van der Waals surface area contributed by atoms with Gasteiger partial charge in [0.1, 0.15) is 13.2 Å². The SMILES string of the molecule is CC/C=C\C/C=C\C/C=C\C/C=C\C/C=C\CCCCCCCCCC(=O)OCC(COC(=O)CCCCCCC/C=C\C/C=C\C/C=C\CC)OC(=O)CCCCCCCC/C=C\C/C=C\C/C=C\CCCCCCC. The van der Waals surface area contributed by atoms with Crippen molar-refractivity contribution in [2.24, 2.45) is 0 Å². The van der Waals surface area contributed by atoms with Gasteiger partial charge < -0.3 is 14.2 Å². The first-order valence-corrected chi connectivity index (χ1v) is 31.7. The van der Waals surface area contributed by atoms with Crippen molar-refractivity contribution in [3.05, 3.63) is 134 Å². The minimum absolute atomic E-state index is 0.0990. The van der Waals surface area contributed by atoms with Crippen LogP contribution in [0.3, 0.4) is 0 Å². The van der Waals surface area contributed by atoms with Gasteiger partial charge in [-0.25, -0.2) is 0 Å². The van der Waals surface area contributed by atoms with Gasteiger partial charge in [0.15, 0.2) is 6.10 Å². The smallest absolute Gasteiger partial charge is 0.306 e. The number of hydrogen-bond donors (Lipinski definition) is 0. The summed E-state index contributed by atoms with van der Waals surface area (Å²) in [7, 11) is 0. The summed E-state index contributed by atoms with van der Waals surface area (Å²) in [4.78, 5) is 38.3. The number of ether oxygens (including phenoxy) is 3. The average Bonchev–Trinajstić information content (AvgIpc) is 3.43. The second-order valence-electron chi connectivity index (χ2n) is 20.5. The molecule has 0 fully saturated rings. The molecule has 0 bridgehead atoms. The molecule has 6 nitrogen and oxygen atoms in total. The third-order valence-electron chi connectivity index (χ3n) is 13.1. The van der Waals surface area contributed by atoms with E-state index in [1.165, 1.54) is 77.0 Å². The van der Waals surface area contributed by atoms with E-state index in [9.17, 15) is 14.4 Å². The molecule has 0 aliphatic heterocycles. The largest absolute Gasteiger partial charge is 0.462 e. The standard InChI is InChI=1S/C71H116O6/c1-4-7-10-13-16-19-22-25-28-30-32-34-35-37-38-40-43-46-49-52-55-58-61-64-70(73)76-67-68(66-75-69(72)63-60-57-54-51-48-45-42-27-24-21-18-15-12-9-6-3)77-71(74)65-62-59-56-53-50-47-44-41-39-36-33-31-29-26-23-20-17-14-11-8-5-2/h7,9-10,12,16,18-19,21,23,25-28,31-34,37-39,41-42,68H,4-6,8,11,13-15,17,20,22,24,29-30,35-36,40,43-67H2,1-3H3/b10-7-,12-9-,19-16-,21-18-,26-23-,28-25-,33-31-,34-32-,38-37-,41-39-,42-27-. The van der Waals surface area contributed by atoms with Crippen molar-refractivity contribution in [1.82, 2.24) is 0 Å². The van der Waals surface area contributed by atoms with Gasteiger partial charge in [-0.05, 0) is 135 Å². The van der Waals surface area contributed by atoms with E-state index in [2.05, 4.69) is 154 Å². The van der Waals surface area contributed by atoms with E-state index in [-0.39, 0.29) is 31.1 Å². The van der Waals surface area contributed by atoms with Gasteiger partial charge in [-0.3, -0.25) is 14.4 Å². The first kappa shape index (κ1) is 72.5. The van der Waals surface area contributed by atoms with Crippen molar-refractivity contribution < 1.29 is 28.6 Å². The van der Waals surface area contributed by atoms with Crippen LogP contribution in [0.4, 0.5) is 0 Å². The molecule has 0 rings (SSSR count). The number of hydrogen-bond acceptors (Lipinski definition) is 6. The van der Waals surface area contributed by atoms with Crippen LogP contribution >= 0.6 is 0 Å². The van der Waals surface area contributed by atoms with Crippen molar-refractivity contribution >= 4 is 17.9 Å². The molecule has 0 spiro atoms. The number of carbonyl (C=O) groups is 3. The van der Waals surface area contributed by atoms with Gasteiger partial charge in [0.2, 0.25) is 0 Å². The Morgan fingerprint density at radius 1 is 0.273 bits per heavy atom. The Bertz CT molecular complexity index is 1650. The Kier molecular flexibility index (Phi) is 60.4. The van der Waals surface area contributed by atoms with Gasteiger partial charge in [0.25, 0.3) is 0 Å². The zero-order chi connectivity index (χ0) is 55.7. The van der Waals surface area contributed by atoms with Gasteiger partial charge in [-0.2, -0.15) is 0 Å². The highest BCUT2D eigenvalue weighted by molar-refractivity contribution is 5.71. The van der Waals surface area contributed by atoms with Gasteiger partial charge in [-0.15, -0.1) is 0 Å². The fourth-order valence-electron chi connectivity index (χ4n) is 8.43. The monoisotopic (exact) mass is 1060 g/mol. The summed E-state index contributed by atoms with van der Waals surface area (Å²) in [5.41, 5.74) is 0. The lowest BCUT2D eigenvalue weighted by atomic mass is 10.1. The molecule has 1 unspecified atom stereocenters. The summed E-state index contributed by atoms with van der Waals surface area (Å²) < 4.78 is 16.9. The van der Waals surface area contributed by atoms with Crippen LogP contribution in [0.1, 0.15) is 278 Å². The van der Waals surface area contributed by atoms with Crippen molar-refractivity contribution in [1.29, 1.82) is 0 Å². The second-order valence-corrected chi connectivity index (χ2v) is 20.5. The lowest BCUT2D eigenvalue weighted by Crippen LogP contribution is -2.30. The molecule has 0 saturated heterocycles. The lowest BCUT2D eigenvalue weighted by molar-refractivity contribution is -0.167. The average molecular weight is 1070 g/mol. The Balaban J connectivity index is 4.46. The molecule has 77 heavy (non-hydrogen) atoms. The molecule has 0 heterocycles. The maximum absolute atomic E-state index is 12.9. The van der Waals surface area contributed by atoms with Gasteiger partial charge in [-0.1, -0.05) is 257 Å². The zero-order valence-corrected chi connectivity index (χ0v) is 49.9. The van der Waals surface area contributed by atoms with Crippen molar-refractivity contribution in [2.75, 3.05) is 13.2 Å². The molecule has 6 heteroatoms. The van der Waals surface area contributed by atoms with Crippen LogP contribution in [0.2, 0.25) is 0 Å². The molecule has 0 radical (unpaired) electrons. The molecule has 0 aromatic carbocycles. The molecule has 1 atom stereocenters. The molecular formula is C71H116O6. The summed E-state index contributed by atoms with van der Waals surface area (Å²) in [6, 6.07) is 0. The normalized spacial score (nSPS) is 13.0. The maximum Gasteiger partial charge on any atom is 0.306 e. The number of esters is 3. The number of rotatable bonds is 56. The number of carbonyl (C=O) groups excluding carboxylic acids is 3. The topological polar surface area (TPSA) is 78.9 Å². The molecule has 0 saturated carbocycles. The van der Waals surface area contributed by atoms with E-state index >= 15 is 0 Å². The number of unbranched alkanes of at least 4 members (excludes halogenated alkanes) is 23. The summed E-state index contributed by atoms with van der Waals surface area (Å²) in [6.07, 6.45) is 90.2. The van der Waals surface area contributed by atoms with E-state index < -0.39 is 6.10 Å². The van der Waals surface area contributed by atoms with E-state index in [0.29, 0.717) is 19.3 Å². The molecule has 436 valence electrons. The predicted molar refractivity (Wildman–Crippen MR) is 334 cm³/mol. The molecule has 0 aromatic heterocycles. The third-order valence-corrected chi connectivity index (χ3v) is 13.1. The predicted octanol–water partition coefficient (Wildman–Crippen LogP) is 21.8. The quantitative estimate of drug-likeness (QED) is 0.0261. The van der Waals surface area contributed by atoms with Crippen molar-refractivity contribution in [3.8, 4) is 0 Å². The molecule has 0 aliphatic carbocycles. The highest BCUT2D eigenvalue weighted by Crippen LogP contribution is 2.14. The van der Waals surface area contributed by atoms with E-state index in [1.807, 2.05) is 0 Å². The maximum atomic E-state index is 12.9. The molecule has 0 amide bonds. The minimum Gasteiger partial charge on any atom is -0.462 e. The van der Waals surface area contributed by atoms with Crippen LogP contribution in [-0.4, -0.2) is 37.2 Å². The highest BCUT2D eigenvalue weighted by Gasteiger charge is 2.19. The van der Waals surface area contributed by atoms with Crippen LogP contribution in [0.25, 0.3) is 0 Å². The van der Waals surface area contributed by atoms with Crippen LogP contribution < -0.4 is 0 Å². The van der Waals surface area contributed by atoms with Crippen LogP contribution in [0.5, 0.6) is 0 Å². The highest BCUT2D eigenvalue weighted by atomic mass is 16.6. The van der Waals surface area contributed by atoms with Gasteiger partial charge in [0, 0.05) is 19.3 Å². The zero-order valence-electron chi connectivity index (χ0n) is 49.9. The summed E-state index contributed by atoms with van der Waals surface area (Å²) in [5, 5.41) is 0. The summed E-state index contributed by atoms with van der Waals surface area (Å²) in [6.45, 7) is 6.38. The third kappa shape index (κ3) is 62.3. The van der Waals surface area contributed by atoms with E-state index in [0.717, 1.165) is 161 Å². The van der Waals surface area contributed by atoms with Gasteiger partial charge >= 0.3 is 17.9 Å². The Morgan fingerprint density at radius 2 is 0.506 bits per heavy atom. The Morgan fingerprint density at radius 3 is 0.792 bits per heavy atom. The molecular weight excluding hydrogens is 949 g/mol. The van der Waals surface area contributed by atoms with Crippen molar-refractivity contribution in [2.45, 2.75) is 284 Å². The Labute approximate surface area is 475 Å². The van der Waals surface area contributed by atoms with Crippen molar-refractivity contribution in [3.63, 3.8) is 0 Å². The number of allylic oxidation sites excluding steroid dienone is 22. The molecule has 0 aromatic rings. The first-order valence-electron chi connectivity index (χ1n) is 31.7. The minimum atomic E-state index is -0.804. The van der Waals surface area contributed by atoms with Crippen LogP contribution in [0, 0.1) is 0 Å². The summed E-state index contributed by atoms with van der Waals surface area (Å²) >= 11 is 0. The van der Waals surface area contributed by atoms with E-state index in [1.54, 1.807) is 0 Å². The van der Waals surface area contributed by atoms with Crippen LogP contribution in [0.15, 0.2) is 134 Å². The first-order chi connectivity index (χ1) is 38.0. The Hall–Kier alpha value is -4.45. The second kappa shape index (κ2) is 64.1. The summed E-state index contributed by atoms with van der Waals surface area (Å²) in [5.74, 6) is -0.937. The lowest BCUT2D eigenvalue weighted by Gasteiger charge is -2.18. The van der Waals surface area contributed by atoms with E-state index in [4.69, 9.17) is 14.2 Å². The van der Waals surface area contributed by atoms with Crippen LogP contribution in [-0.2, 0) is 28.6 Å². The fraction of sp³-hybridized carbons (Fsp3) is 0.648. The molecule has 0 N–H and O–H groups in total. The fourth-order valence-corrected chi connectivity index (χ4v) is 8.43.